The molecule has 142 valence electrons. The number of hydrogen-bond donors (Lipinski definition) is 1. The summed E-state index contributed by atoms with van der Waals surface area (Å²) in [5.41, 5.74) is 1.12. The first-order valence-corrected chi connectivity index (χ1v) is 9.79. The molecule has 1 N–H and O–H groups in total. The average molecular weight is 358 g/mol. The lowest BCUT2D eigenvalue weighted by Gasteiger charge is -2.43. The van der Waals surface area contributed by atoms with Gasteiger partial charge in [0.2, 0.25) is 0 Å². The van der Waals surface area contributed by atoms with Crippen LogP contribution < -0.4 is 9.47 Å². The van der Waals surface area contributed by atoms with E-state index in [1.807, 2.05) is 19.9 Å². The molecule has 2 unspecified atom stereocenters. The van der Waals surface area contributed by atoms with Gasteiger partial charge in [0.1, 0.15) is 22.8 Å². The molecule has 0 bridgehead atoms. The molecule has 0 spiro atoms. The van der Waals surface area contributed by atoms with E-state index in [-0.39, 0.29) is 23.6 Å². The number of aromatic hydroxyl groups is 1. The largest absolute Gasteiger partial charge is 0.507 e. The lowest BCUT2D eigenvalue weighted by atomic mass is 9.72. The highest BCUT2D eigenvalue weighted by Crippen LogP contribution is 2.52. The maximum Gasteiger partial charge on any atom is 0.156 e. The van der Waals surface area contributed by atoms with Crippen LogP contribution in [0.5, 0.6) is 17.2 Å². The monoisotopic (exact) mass is 358 g/mol. The normalized spacial score (nSPS) is 21.9. The number of fused-ring (bicyclic) bond motifs is 3. The van der Waals surface area contributed by atoms with E-state index < -0.39 is 5.60 Å². The van der Waals surface area contributed by atoms with Crippen molar-refractivity contribution in [1.82, 2.24) is 0 Å². The Hall–Kier alpha value is -1.97. The number of ether oxygens (including phenoxy) is 2. The lowest BCUT2D eigenvalue weighted by Crippen LogP contribution is -2.43. The van der Waals surface area contributed by atoms with Crippen LogP contribution in [0, 0.1) is 5.92 Å². The van der Waals surface area contributed by atoms with Gasteiger partial charge in [-0.3, -0.25) is 4.79 Å². The topological polar surface area (TPSA) is 55.8 Å². The number of allylic oxidation sites excluding steroid dienone is 1. The highest BCUT2D eigenvalue weighted by atomic mass is 16.5. The van der Waals surface area contributed by atoms with Gasteiger partial charge in [-0.2, -0.15) is 0 Å². The van der Waals surface area contributed by atoms with Crippen molar-refractivity contribution in [2.45, 2.75) is 77.9 Å². The molecule has 26 heavy (non-hydrogen) atoms. The number of phenolic OH excluding ortho intramolecular Hbond substituents is 1. The SMILES string of the molecule is CCCCCC(C)Oc1cc(O)c2c(c1)OC(C)(C)C1CCC(=O)C=C21. The number of ketones is 1. The molecule has 1 aromatic rings. The quantitative estimate of drug-likeness (QED) is 0.704. The maximum atomic E-state index is 12.0. The van der Waals surface area contributed by atoms with Crippen molar-refractivity contribution in [2.24, 2.45) is 5.92 Å². The summed E-state index contributed by atoms with van der Waals surface area (Å²) < 4.78 is 12.2. The number of hydrogen-bond acceptors (Lipinski definition) is 4. The standard InChI is InChI=1S/C22H30O4/c1-5-6-7-8-14(2)25-16-12-19(24)21-17-11-15(23)9-10-18(17)22(3,4)26-20(21)13-16/h11-14,18,24H,5-10H2,1-4H3. The van der Waals surface area contributed by atoms with Crippen molar-refractivity contribution in [3.63, 3.8) is 0 Å². The molecule has 1 aliphatic carbocycles. The molecule has 2 aliphatic rings. The Morgan fingerprint density at radius 2 is 2.12 bits per heavy atom. The van der Waals surface area contributed by atoms with Gasteiger partial charge in [0, 0.05) is 24.5 Å². The van der Waals surface area contributed by atoms with Gasteiger partial charge < -0.3 is 14.6 Å². The van der Waals surface area contributed by atoms with Crippen molar-refractivity contribution in [3.05, 3.63) is 23.8 Å². The van der Waals surface area contributed by atoms with Gasteiger partial charge in [-0.1, -0.05) is 19.8 Å². The lowest BCUT2D eigenvalue weighted by molar-refractivity contribution is -0.115. The fourth-order valence-corrected chi connectivity index (χ4v) is 4.10. The number of unbranched alkanes of at least 4 members (excludes halogenated alkanes) is 2. The Balaban J connectivity index is 1.89. The first kappa shape index (κ1) is 18.8. The summed E-state index contributed by atoms with van der Waals surface area (Å²) in [5.74, 6) is 1.56. The summed E-state index contributed by atoms with van der Waals surface area (Å²) in [6, 6.07) is 3.50. The number of rotatable bonds is 6. The first-order valence-electron chi connectivity index (χ1n) is 9.79. The Morgan fingerprint density at radius 1 is 1.35 bits per heavy atom. The van der Waals surface area contributed by atoms with Crippen LogP contribution >= 0.6 is 0 Å². The smallest absolute Gasteiger partial charge is 0.156 e. The van der Waals surface area contributed by atoms with Gasteiger partial charge >= 0.3 is 0 Å². The molecule has 0 radical (unpaired) electrons. The third kappa shape index (κ3) is 3.74. The molecule has 1 aliphatic heterocycles. The molecule has 0 fully saturated rings. The molecule has 0 amide bonds. The number of carbonyl (C=O) groups is 1. The van der Waals surface area contributed by atoms with Crippen LogP contribution in [0.4, 0.5) is 0 Å². The zero-order valence-corrected chi connectivity index (χ0v) is 16.3. The van der Waals surface area contributed by atoms with Crippen molar-refractivity contribution in [1.29, 1.82) is 0 Å². The second kappa shape index (κ2) is 7.34. The van der Waals surface area contributed by atoms with Gasteiger partial charge in [-0.05, 0) is 51.7 Å². The minimum Gasteiger partial charge on any atom is -0.507 e. The summed E-state index contributed by atoms with van der Waals surface area (Å²) in [6.45, 7) is 8.32. The Kier molecular flexibility index (Phi) is 5.31. The molecule has 2 atom stereocenters. The molecule has 0 saturated heterocycles. The predicted octanol–water partition coefficient (Wildman–Crippen LogP) is 5.27. The van der Waals surface area contributed by atoms with Crippen LogP contribution in [0.15, 0.2) is 18.2 Å². The summed E-state index contributed by atoms with van der Waals surface area (Å²) in [4.78, 5) is 12.0. The molecule has 1 heterocycles. The van der Waals surface area contributed by atoms with Gasteiger partial charge in [-0.25, -0.2) is 0 Å². The van der Waals surface area contributed by atoms with Crippen molar-refractivity contribution in [3.8, 4) is 17.2 Å². The summed E-state index contributed by atoms with van der Waals surface area (Å²) in [6.07, 6.45) is 7.56. The van der Waals surface area contributed by atoms with Crippen LogP contribution in [0.2, 0.25) is 0 Å². The highest BCUT2D eigenvalue weighted by Gasteiger charge is 2.43. The molecular formula is C22H30O4. The predicted molar refractivity (Wildman–Crippen MR) is 103 cm³/mol. The molecule has 4 nitrogen and oxygen atoms in total. The summed E-state index contributed by atoms with van der Waals surface area (Å²) in [5, 5.41) is 10.6. The zero-order valence-electron chi connectivity index (χ0n) is 16.3. The Labute approximate surface area is 156 Å². The Bertz CT molecular complexity index is 717. The van der Waals surface area contributed by atoms with Crippen LogP contribution in [0.3, 0.4) is 0 Å². The average Bonchev–Trinajstić information content (AvgIpc) is 2.53. The highest BCUT2D eigenvalue weighted by molar-refractivity contribution is 6.01. The third-order valence-electron chi connectivity index (χ3n) is 5.48. The van der Waals surface area contributed by atoms with E-state index in [9.17, 15) is 9.90 Å². The minimum atomic E-state index is -0.419. The maximum absolute atomic E-state index is 12.0. The van der Waals surface area contributed by atoms with Gasteiger partial charge in [0.05, 0.1) is 11.7 Å². The van der Waals surface area contributed by atoms with Gasteiger partial charge in [0.15, 0.2) is 5.78 Å². The zero-order chi connectivity index (χ0) is 18.9. The van der Waals surface area contributed by atoms with Crippen LogP contribution in [0.1, 0.15) is 71.8 Å². The second-order valence-corrected chi connectivity index (χ2v) is 8.10. The van der Waals surface area contributed by atoms with E-state index in [4.69, 9.17) is 9.47 Å². The number of carbonyl (C=O) groups excluding carboxylic acids is 1. The molecule has 3 rings (SSSR count). The number of phenols is 1. The third-order valence-corrected chi connectivity index (χ3v) is 5.48. The fourth-order valence-electron chi connectivity index (χ4n) is 4.10. The van der Waals surface area contributed by atoms with Crippen LogP contribution in [0.25, 0.3) is 5.57 Å². The van der Waals surface area contributed by atoms with Crippen molar-refractivity contribution in [2.75, 3.05) is 0 Å². The summed E-state index contributed by atoms with van der Waals surface area (Å²) in [7, 11) is 0. The fraction of sp³-hybridized carbons (Fsp3) is 0.591. The second-order valence-electron chi connectivity index (χ2n) is 8.10. The molecule has 4 heteroatoms. The van der Waals surface area contributed by atoms with E-state index in [0.29, 0.717) is 23.5 Å². The van der Waals surface area contributed by atoms with E-state index in [1.54, 1.807) is 12.1 Å². The summed E-state index contributed by atoms with van der Waals surface area (Å²) >= 11 is 0. The van der Waals surface area contributed by atoms with Gasteiger partial charge in [0.25, 0.3) is 0 Å². The number of benzene rings is 1. The Morgan fingerprint density at radius 3 is 2.85 bits per heavy atom. The van der Waals surface area contributed by atoms with E-state index in [1.165, 1.54) is 12.8 Å². The molecule has 0 saturated carbocycles. The van der Waals surface area contributed by atoms with E-state index >= 15 is 0 Å². The van der Waals surface area contributed by atoms with Crippen LogP contribution in [-0.4, -0.2) is 22.6 Å². The molecule has 1 aromatic carbocycles. The molecular weight excluding hydrogens is 328 g/mol. The van der Waals surface area contributed by atoms with E-state index in [0.717, 1.165) is 24.8 Å². The van der Waals surface area contributed by atoms with Crippen LogP contribution in [-0.2, 0) is 4.79 Å². The van der Waals surface area contributed by atoms with Crippen molar-refractivity contribution < 1.29 is 19.4 Å². The van der Waals surface area contributed by atoms with Gasteiger partial charge in [-0.15, -0.1) is 0 Å². The molecule has 0 aromatic heterocycles. The first-order chi connectivity index (χ1) is 12.3. The minimum absolute atomic E-state index is 0.0822. The van der Waals surface area contributed by atoms with E-state index in [2.05, 4.69) is 13.8 Å². The van der Waals surface area contributed by atoms with Crippen molar-refractivity contribution >= 4 is 11.4 Å².